The van der Waals surface area contributed by atoms with E-state index in [2.05, 4.69) is 4.99 Å². The maximum atomic E-state index is 10.4. The van der Waals surface area contributed by atoms with Crippen molar-refractivity contribution in [2.45, 2.75) is 6.42 Å². The van der Waals surface area contributed by atoms with Gasteiger partial charge in [-0.2, -0.15) is 0 Å². The van der Waals surface area contributed by atoms with Crippen LogP contribution in [-0.4, -0.2) is 46.6 Å². The summed E-state index contributed by atoms with van der Waals surface area (Å²) in [5.41, 5.74) is 0. The first-order valence-electron chi connectivity index (χ1n) is 4.03. The molecular weight excluding hydrogens is 172 g/mol. The number of hydrogen-bond donors (Lipinski definition) is 2. The summed E-state index contributed by atoms with van der Waals surface area (Å²) in [6, 6.07) is 0. The van der Waals surface area contributed by atoms with Crippen molar-refractivity contribution in [1.29, 1.82) is 0 Å². The first-order valence-corrected chi connectivity index (χ1v) is 4.03. The van der Waals surface area contributed by atoms with Gasteiger partial charge in [-0.1, -0.05) is 0 Å². The minimum absolute atomic E-state index is 0.0158. The van der Waals surface area contributed by atoms with E-state index in [-0.39, 0.29) is 6.54 Å². The highest BCUT2D eigenvalue weighted by Crippen LogP contribution is 2.05. The van der Waals surface area contributed by atoms with Gasteiger partial charge in [-0.15, -0.1) is 0 Å². The molecule has 0 saturated carbocycles. The van der Waals surface area contributed by atoms with Crippen LogP contribution in [0.4, 0.5) is 0 Å². The van der Waals surface area contributed by atoms with Gasteiger partial charge in [0, 0.05) is 13.0 Å². The van der Waals surface area contributed by atoms with E-state index in [1.165, 1.54) is 0 Å². The van der Waals surface area contributed by atoms with Crippen molar-refractivity contribution in [2.24, 2.45) is 4.99 Å². The Hall–Kier alpha value is -1.52. The molecule has 0 aliphatic carbocycles. The number of carboxylic acid groups (broad SMARTS) is 1. The van der Waals surface area contributed by atoms with Crippen LogP contribution in [0.25, 0.3) is 0 Å². The second-order valence-corrected chi connectivity index (χ2v) is 2.70. The lowest BCUT2D eigenvalue weighted by Gasteiger charge is -2.16. The van der Waals surface area contributed by atoms with Crippen molar-refractivity contribution in [3.63, 3.8) is 0 Å². The zero-order valence-corrected chi connectivity index (χ0v) is 7.18. The molecule has 0 fully saturated rings. The molecule has 72 valence electrons. The predicted molar refractivity (Wildman–Crippen MR) is 47.9 cm³/mol. The molecule has 5 nitrogen and oxygen atoms in total. The standard InChI is InChI=1S/C8H12N2O3/c11-5-1-2-7-9-3-4-10(7)6-8(12)13/h1,5,11H,2-4,6H2,(H,12,13). The van der Waals surface area contributed by atoms with E-state index >= 15 is 0 Å². The minimum atomic E-state index is -0.859. The summed E-state index contributed by atoms with van der Waals surface area (Å²) in [6.07, 6.45) is 2.97. The molecule has 1 heterocycles. The summed E-state index contributed by atoms with van der Waals surface area (Å²) in [6.45, 7) is 1.28. The third-order valence-electron chi connectivity index (χ3n) is 1.76. The maximum Gasteiger partial charge on any atom is 0.323 e. The second-order valence-electron chi connectivity index (χ2n) is 2.70. The van der Waals surface area contributed by atoms with Gasteiger partial charge in [0.1, 0.15) is 12.4 Å². The normalized spacial score (nSPS) is 16.6. The number of nitrogens with zero attached hydrogens (tertiary/aromatic N) is 2. The molecule has 0 atom stereocenters. The van der Waals surface area contributed by atoms with Crippen molar-refractivity contribution in [2.75, 3.05) is 19.6 Å². The van der Waals surface area contributed by atoms with Crippen LogP contribution in [0.15, 0.2) is 17.3 Å². The first-order chi connectivity index (χ1) is 6.24. The van der Waals surface area contributed by atoms with Crippen LogP contribution in [0, 0.1) is 0 Å². The van der Waals surface area contributed by atoms with Gasteiger partial charge >= 0.3 is 5.97 Å². The molecule has 1 aliphatic rings. The highest BCUT2D eigenvalue weighted by atomic mass is 16.4. The molecule has 0 aromatic rings. The lowest BCUT2D eigenvalue weighted by atomic mass is 10.3. The Bertz CT molecular complexity index is 248. The smallest absolute Gasteiger partial charge is 0.323 e. The van der Waals surface area contributed by atoms with Gasteiger partial charge in [-0.05, 0) is 6.08 Å². The highest BCUT2D eigenvalue weighted by molar-refractivity contribution is 5.87. The van der Waals surface area contributed by atoms with Crippen molar-refractivity contribution >= 4 is 11.8 Å². The average Bonchev–Trinajstić information content (AvgIpc) is 2.48. The van der Waals surface area contributed by atoms with Crippen LogP contribution >= 0.6 is 0 Å². The molecule has 0 aromatic heterocycles. The minimum Gasteiger partial charge on any atom is -0.516 e. The van der Waals surface area contributed by atoms with E-state index in [4.69, 9.17) is 10.2 Å². The van der Waals surface area contributed by atoms with Gasteiger partial charge in [-0.3, -0.25) is 9.79 Å². The number of carboxylic acids is 1. The molecule has 13 heavy (non-hydrogen) atoms. The van der Waals surface area contributed by atoms with E-state index in [0.717, 1.165) is 12.1 Å². The summed E-state index contributed by atoms with van der Waals surface area (Å²) >= 11 is 0. The Kier molecular flexibility index (Phi) is 3.31. The Balaban J connectivity index is 2.47. The van der Waals surface area contributed by atoms with Gasteiger partial charge < -0.3 is 15.1 Å². The lowest BCUT2D eigenvalue weighted by Crippen LogP contribution is -2.32. The number of aliphatic hydroxyl groups excluding tert-OH is 1. The van der Waals surface area contributed by atoms with Crippen molar-refractivity contribution in [3.8, 4) is 0 Å². The SMILES string of the molecule is O=C(O)CN1CCN=C1CC=CO. The number of aliphatic imine (C=N–C) groups is 1. The highest BCUT2D eigenvalue weighted by Gasteiger charge is 2.17. The van der Waals surface area contributed by atoms with E-state index in [1.54, 1.807) is 11.0 Å². The topological polar surface area (TPSA) is 73.1 Å². The first kappa shape index (κ1) is 9.57. The summed E-state index contributed by atoms with van der Waals surface area (Å²) < 4.78 is 0. The molecule has 5 heteroatoms. The number of aliphatic hydroxyl groups is 1. The third kappa shape index (κ3) is 2.77. The van der Waals surface area contributed by atoms with E-state index in [1.807, 2.05) is 0 Å². The van der Waals surface area contributed by atoms with E-state index < -0.39 is 5.97 Å². The quantitative estimate of drug-likeness (QED) is 0.614. The van der Waals surface area contributed by atoms with Gasteiger partial charge in [0.25, 0.3) is 0 Å². The Morgan fingerprint density at radius 2 is 2.46 bits per heavy atom. The summed E-state index contributed by atoms with van der Waals surface area (Å²) in [7, 11) is 0. The third-order valence-corrected chi connectivity index (χ3v) is 1.76. The summed E-state index contributed by atoms with van der Waals surface area (Å²) in [5.74, 6) is -0.129. The molecule has 0 saturated heterocycles. The fraction of sp³-hybridized carbons (Fsp3) is 0.500. The predicted octanol–water partition coefficient (Wildman–Crippen LogP) is 0.247. The maximum absolute atomic E-state index is 10.4. The Morgan fingerprint density at radius 3 is 3.08 bits per heavy atom. The van der Waals surface area contributed by atoms with Gasteiger partial charge in [-0.25, -0.2) is 0 Å². The lowest BCUT2D eigenvalue weighted by molar-refractivity contribution is -0.137. The van der Waals surface area contributed by atoms with Gasteiger partial charge in [0.15, 0.2) is 0 Å². The monoisotopic (exact) mass is 184 g/mol. The van der Waals surface area contributed by atoms with E-state index in [9.17, 15) is 4.79 Å². The van der Waals surface area contributed by atoms with Crippen molar-refractivity contribution < 1.29 is 15.0 Å². The molecule has 1 rings (SSSR count). The fourth-order valence-electron chi connectivity index (χ4n) is 1.21. The van der Waals surface area contributed by atoms with Crippen LogP contribution in [0.2, 0.25) is 0 Å². The van der Waals surface area contributed by atoms with E-state index in [0.29, 0.717) is 19.5 Å². The molecule has 0 bridgehead atoms. The number of aliphatic carboxylic acids is 1. The second kappa shape index (κ2) is 4.49. The van der Waals surface area contributed by atoms with Crippen molar-refractivity contribution in [1.82, 2.24) is 4.90 Å². The van der Waals surface area contributed by atoms with Crippen LogP contribution < -0.4 is 0 Å². The van der Waals surface area contributed by atoms with Crippen LogP contribution in [0.5, 0.6) is 0 Å². The Labute approximate surface area is 76.0 Å². The van der Waals surface area contributed by atoms with Gasteiger partial charge in [0.05, 0.1) is 12.8 Å². The molecular formula is C8H12N2O3. The number of hydrogen-bond acceptors (Lipinski definition) is 4. The largest absolute Gasteiger partial charge is 0.516 e. The molecule has 1 aliphatic heterocycles. The molecule has 0 aromatic carbocycles. The summed E-state index contributed by atoms with van der Waals surface area (Å²) in [4.78, 5) is 16.2. The van der Waals surface area contributed by atoms with Gasteiger partial charge in [0.2, 0.25) is 0 Å². The molecule has 2 N–H and O–H groups in total. The zero-order valence-electron chi connectivity index (χ0n) is 7.18. The summed E-state index contributed by atoms with van der Waals surface area (Å²) in [5, 5.41) is 17.0. The molecule has 0 radical (unpaired) electrons. The average molecular weight is 184 g/mol. The zero-order chi connectivity index (χ0) is 9.68. The number of rotatable bonds is 4. The molecule has 0 amide bonds. The number of carbonyl (C=O) groups is 1. The fourth-order valence-corrected chi connectivity index (χ4v) is 1.21. The van der Waals surface area contributed by atoms with Crippen LogP contribution in [-0.2, 0) is 4.79 Å². The van der Waals surface area contributed by atoms with Crippen LogP contribution in [0.3, 0.4) is 0 Å². The number of amidine groups is 1. The Morgan fingerprint density at radius 1 is 1.69 bits per heavy atom. The molecule has 0 spiro atoms. The van der Waals surface area contributed by atoms with Crippen molar-refractivity contribution in [3.05, 3.63) is 12.3 Å². The molecule has 0 unspecified atom stereocenters. The van der Waals surface area contributed by atoms with Crippen LogP contribution in [0.1, 0.15) is 6.42 Å².